The number of nitrogens with zero attached hydrogens (tertiary/aromatic N) is 3. The number of carbonyl (C=O) groups is 1. The summed E-state index contributed by atoms with van der Waals surface area (Å²) >= 11 is 0. The molecule has 0 aliphatic carbocycles. The summed E-state index contributed by atoms with van der Waals surface area (Å²) in [6.07, 6.45) is -2.32. The fraction of sp³-hybridized carbons (Fsp3) is 0.394. The highest BCUT2D eigenvalue weighted by atomic mass is 19.4. The first-order valence-electron chi connectivity index (χ1n) is 14.6. The molecule has 2 aliphatic rings. The Hall–Kier alpha value is -4.01. The zero-order valence-electron chi connectivity index (χ0n) is 23.9. The van der Waals surface area contributed by atoms with Crippen molar-refractivity contribution < 1.29 is 22.7 Å². The number of piperazine rings is 1. The summed E-state index contributed by atoms with van der Waals surface area (Å²) in [6, 6.07) is 18.0. The lowest BCUT2D eigenvalue weighted by Crippen LogP contribution is -2.49. The first-order chi connectivity index (χ1) is 20.1. The summed E-state index contributed by atoms with van der Waals surface area (Å²) < 4.78 is 45.6. The SMILES string of the molecule is Cc1nc2ccc(-c3ccc4c(c3)CC(C)C(CC(=O)N3CCN(c5cccc(C(F)(F)F)c5)CC3)CCO4)cc2[nH]1. The monoisotopic (exact) mass is 576 g/mol. The Bertz CT molecular complexity index is 1590. The molecule has 3 heterocycles. The highest BCUT2D eigenvalue weighted by Crippen LogP contribution is 2.35. The van der Waals surface area contributed by atoms with E-state index in [1.165, 1.54) is 12.1 Å². The number of imidazole rings is 1. The Kier molecular flexibility index (Phi) is 7.60. The molecule has 0 bridgehead atoms. The molecule has 1 saturated heterocycles. The molecule has 4 aromatic rings. The summed E-state index contributed by atoms with van der Waals surface area (Å²) in [5, 5.41) is 0. The molecule has 0 saturated carbocycles. The molecule has 2 atom stereocenters. The van der Waals surface area contributed by atoms with Gasteiger partial charge in [-0.2, -0.15) is 13.2 Å². The van der Waals surface area contributed by atoms with Crippen LogP contribution in [0.2, 0.25) is 0 Å². The smallest absolute Gasteiger partial charge is 0.416 e. The van der Waals surface area contributed by atoms with E-state index < -0.39 is 11.7 Å². The third kappa shape index (κ3) is 5.96. The van der Waals surface area contributed by atoms with Crippen LogP contribution in [0.15, 0.2) is 60.7 Å². The fourth-order valence-corrected chi connectivity index (χ4v) is 6.24. The number of benzene rings is 3. The molecule has 1 amide bonds. The molecule has 6 nitrogen and oxygen atoms in total. The number of carbonyl (C=O) groups excluding carboxylic acids is 1. The second-order valence-corrected chi connectivity index (χ2v) is 11.6. The van der Waals surface area contributed by atoms with Crippen molar-refractivity contribution in [2.45, 2.75) is 39.3 Å². The molecule has 42 heavy (non-hydrogen) atoms. The Morgan fingerprint density at radius 3 is 2.57 bits per heavy atom. The van der Waals surface area contributed by atoms with Crippen LogP contribution in [0.5, 0.6) is 5.75 Å². The topological polar surface area (TPSA) is 61.5 Å². The van der Waals surface area contributed by atoms with Crippen LogP contribution in [-0.4, -0.2) is 53.6 Å². The van der Waals surface area contributed by atoms with Gasteiger partial charge in [0.2, 0.25) is 5.91 Å². The molecule has 3 aromatic carbocycles. The van der Waals surface area contributed by atoms with Crippen molar-refractivity contribution in [3.8, 4) is 16.9 Å². The van der Waals surface area contributed by atoms with Crippen LogP contribution in [0.1, 0.15) is 36.7 Å². The third-order valence-electron chi connectivity index (χ3n) is 8.69. The zero-order chi connectivity index (χ0) is 29.4. The van der Waals surface area contributed by atoms with Gasteiger partial charge in [-0.3, -0.25) is 4.79 Å². The number of hydrogen-bond donors (Lipinski definition) is 1. The van der Waals surface area contributed by atoms with Crippen LogP contribution in [0.25, 0.3) is 22.2 Å². The van der Waals surface area contributed by atoms with Crippen LogP contribution < -0.4 is 9.64 Å². The van der Waals surface area contributed by atoms with E-state index >= 15 is 0 Å². The van der Waals surface area contributed by atoms with Crippen LogP contribution in [0.3, 0.4) is 0 Å². The van der Waals surface area contributed by atoms with E-state index in [0.717, 1.165) is 58.2 Å². The number of aromatic amines is 1. The molecule has 1 N–H and O–H groups in total. The molecule has 2 unspecified atom stereocenters. The van der Waals surface area contributed by atoms with Gasteiger partial charge in [0.1, 0.15) is 11.6 Å². The highest BCUT2D eigenvalue weighted by Gasteiger charge is 2.32. The molecule has 6 rings (SSSR count). The molecule has 220 valence electrons. The summed E-state index contributed by atoms with van der Waals surface area (Å²) in [6.45, 7) is 6.73. The van der Waals surface area contributed by atoms with Crippen LogP contribution in [-0.2, 0) is 17.4 Å². The molecule has 0 spiro atoms. The highest BCUT2D eigenvalue weighted by molar-refractivity contribution is 5.82. The van der Waals surface area contributed by atoms with E-state index in [1.54, 1.807) is 6.07 Å². The molecule has 1 fully saturated rings. The Balaban J connectivity index is 1.09. The number of amides is 1. The number of fused-ring (bicyclic) bond motifs is 2. The normalized spacial score (nSPS) is 19.6. The largest absolute Gasteiger partial charge is 0.493 e. The quantitative estimate of drug-likeness (QED) is 0.288. The second kappa shape index (κ2) is 11.3. The second-order valence-electron chi connectivity index (χ2n) is 11.6. The number of aryl methyl sites for hydroxylation is 1. The Labute approximate surface area is 243 Å². The Morgan fingerprint density at radius 2 is 1.79 bits per heavy atom. The fourth-order valence-electron chi connectivity index (χ4n) is 6.24. The lowest BCUT2D eigenvalue weighted by Gasteiger charge is -2.37. The van der Waals surface area contributed by atoms with Crippen molar-refractivity contribution in [1.29, 1.82) is 0 Å². The lowest BCUT2D eigenvalue weighted by atomic mass is 9.82. The van der Waals surface area contributed by atoms with Crippen LogP contribution in [0, 0.1) is 18.8 Å². The van der Waals surface area contributed by atoms with Gasteiger partial charge in [0.15, 0.2) is 0 Å². The average Bonchev–Trinajstić information content (AvgIpc) is 3.35. The lowest BCUT2D eigenvalue weighted by molar-refractivity contribution is -0.137. The maximum Gasteiger partial charge on any atom is 0.416 e. The number of halogens is 3. The van der Waals surface area contributed by atoms with E-state index in [4.69, 9.17) is 4.74 Å². The summed E-state index contributed by atoms with van der Waals surface area (Å²) in [4.78, 5) is 24.9. The van der Waals surface area contributed by atoms with Crippen LogP contribution >= 0.6 is 0 Å². The summed E-state index contributed by atoms with van der Waals surface area (Å²) in [5.74, 6) is 2.37. The predicted octanol–water partition coefficient (Wildman–Crippen LogP) is 6.87. The van der Waals surface area contributed by atoms with Gasteiger partial charge in [0.25, 0.3) is 0 Å². The van der Waals surface area contributed by atoms with Gasteiger partial charge in [-0.1, -0.05) is 25.1 Å². The van der Waals surface area contributed by atoms with Gasteiger partial charge >= 0.3 is 6.18 Å². The standard InChI is InChI=1S/C33H35F3N4O2/c1-21-16-26-17-24(25-6-8-29-30(18-25)38-22(2)37-29)7-9-31(26)42-15-10-23(21)19-32(41)40-13-11-39(12-14-40)28-5-3-4-27(20-28)33(34,35)36/h3-9,17-18,20-21,23H,10-16,19H2,1-2H3,(H,37,38). The van der Waals surface area contributed by atoms with Crippen molar-refractivity contribution in [1.82, 2.24) is 14.9 Å². The number of rotatable bonds is 4. The summed E-state index contributed by atoms with van der Waals surface area (Å²) in [5.41, 5.74) is 5.22. The number of anilines is 1. The molecular weight excluding hydrogens is 541 g/mol. The van der Waals surface area contributed by atoms with Crippen molar-refractivity contribution >= 4 is 22.6 Å². The molecule has 2 aliphatic heterocycles. The number of alkyl halides is 3. The molecule has 9 heteroatoms. The van der Waals surface area contributed by atoms with E-state index in [-0.39, 0.29) is 17.7 Å². The third-order valence-corrected chi connectivity index (χ3v) is 8.69. The predicted molar refractivity (Wildman–Crippen MR) is 158 cm³/mol. The first kappa shape index (κ1) is 28.1. The van der Waals surface area contributed by atoms with Gasteiger partial charge in [-0.15, -0.1) is 0 Å². The number of nitrogens with one attached hydrogen (secondary N) is 1. The zero-order valence-corrected chi connectivity index (χ0v) is 23.9. The van der Waals surface area contributed by atoms with Gasteiger partial charge in [0.05, 0.1) is 23.2 Å². The molecule has 1 aromatic heterocycles. The van der Waals surface area contributed by atoms with Crippen LogP contribution in [0.4, 0.5) is 18.9 Å². The summed E-state index contributed by atoms with van der Waals surface area (Å²) in [7, 11) is 0. The maximum atomic E-state index is 13.3. The number of H-pyrrole nitrogens is 1. The van der Waals surface area contributed by atoms with Gasteiger partial charge in [-0.05, 0) is 90.8 Å². The number of aromatic nitrogens is 2. The molecule has 0 radical (unpaired) electrons. The van der Waals surface area contributed by atoms with Gasteiger partial charge in [0, 0.05) is 38.3 Å². The number of ether oxygens (including phenoxy) is 1. The Morgan fingerprint density at radius 1 is 1.02 bits per heavy atom. The van der Waals surface area contributed by atoms with Gasteiger partial charge in [-0.25, -0.2) is 4.98 Å². The number of hydrogen-bond acceptors (Lipinski definition) is 4. The van der Waals surface area contributed by atoms with Crippen molar-refractivity contribution in [3.63, 3.8) is 0 Å². The van der Waals surface area contributed by atoms with E-state index in [2.05, 4.69) is 47.2 Å². The minimum atomic E-state index is -4.37. The van der Waals surface area contributed by atoms with Gasteiger partial charge < -0.3 is 19.5 Å². The minimum Gasteiger partial charge on any atom is -0.493 e. The first-order valence-corrected chi connectivity index (χ1v) is 14.6. The van der Waals surface area contributed by atoms with E-state index in [9.17, 15) is 18.0 Å². The van der Waals surface area contributed by atoms with Crippen molar-refractivity contribution in [2.24, 2.45) is 11.8 Å². The van der Waals surface area contributed by atoms with E-state index in [0.29, 0.717) is 44.9 Å². The van der Waals surface area contributed by atoms with Crippen molar-refractivity contribution in [2.75, 3.05) is 37.7 Å². The maximum absolute atomic E-state index is 13.3. The molecular formula is C33H35F3N4O2. The average molecular weight is 577 g/mol. The van der Waals surface area contributed by atoms with E-state index in [1.807, 2.05) is 22.8 Å². The minimum absolute atomic E-state index is 0.105. The van der Waals surface area contributed by atoms with Crippen molar-refractivity contribution in [3.05, 3.63) is 77.6 Å².